The molecule has 2 aromatic rings. The molecule has 0 atom stereocenters. The molecule has 0 fully saturated rings. The number of carboxylic acids is 1. The molecule has 0 saturated heterocycles. The van der Waals surface area contributed by atoms with Crippen LogP contribution in [0.25, 0.3) is 11.4 Å². The van der Waals surface area contributed by atoms with E-state index in [2.05, 4.69) is 10.1 Å². The van der Waals surface area contributed by atoms with Gasteiger partial charge >= 0.3 is 5.97 Å². The van der Waals surface area contributed by atoms with Crippen LogP contribution in [0.1, 0.15) is 5.56 Å². The Bertz CT molecular complexity index is 548. The lowest BCUT2D eigenvalue weighted by Gasteiger charge is -1.99. The summed E-state index contributed by atoms with van der Waals surface area (Å²) in [6.07, 6.45) is 1.47. The topological polar surface area (TPSA) is 94.0 Å². The summed E-state index contributed by atoms with van der Waals surface area (Å²) in [4.78, 5) is 14.9. The fourth-order valence-electron chi connectivity index (χ4n) is 1.62. The van der Waals surface area contributed by atoms with Gasteiger partial charge in [0.25, 0.3) is 0 Å². The highest BCUT2D eigenvalue weighted by molar-refractivity contribution is 5.77. The Balaban J connectivity index is 2.54. The van der Waals surface area contributed by atoms with Crippen LogP contribution in [0.2, 0.25) is 0 Å². The fraction of sp³-hybridized carbons (Fsp3) is 0.182. The van der Waals surface area contributed by atoms with Crippen LogP contribution >= 0.6 is 0 Å². The van der Waals surface area contributed by atoms with Crippen LogP contribution in [0.15, 0.2) is 24.4 Å². The third kappa shape index (κ3) is 2.10. The van der Waals surface area contributed by atoms with E-state index in [1.807, 2.05) is 6.07 Å². The van der Waals surface area contributed by atoms with Crippen molar-refractivity contribution < 1.29 is 9.90 Å². The summed E-state index contributed by atoms with van der Waals surface area (Å²) >= 11 is 0. The van der Waals surface area contributed by atoms with Crippen LogP contribution in [-0.4, -0.2) is 25.8 Å². The second-order valence-corrected chi connectivity index (χ2v) is 3.62. The third-order valence-corrected chi connectivity index (χ3v) is 2.43. The Labute approximate surface area is 97.7 Å². The molecule has 0 aromatic carbocycles. The smallest absolute Gasteiger partial charge is 0.308 e. The highest BCUT2D eigenvalue weighted by Gasteiger charge is 2.18. The summed E-state index contributed by atoms with van der Waals surface area (Å²) in [5.74, 6) is -0.588. The molecule has 0 saturated carbocycles. The van der Waals surface area contributed by atoms with Gasteiger partial charge in [-0.1, -0.05) is 6.07 Å². The van der Waals surface area contributed by atoms with Crippen LogP contribution in [0.4, 0.5) is 5.82 Å². The average molecular weight is 232 g/mol. The number of pyridine rings is 1. The molecule has 2 rings (SSSR count). The van der Waals surface area contributed by atoms with Gasteiger partial charge in [0, 0.05) is 18.8 Å². The SMILES string of the molecule is Cn1nc(-c2ccccn2)c(CC(=O)O)c1N. The molecular weight excluding hydrogens is 220 g/mol. The number of nitrogen functional groups attached to an aromatic ring is 1. The van der Waals surface area contributed by atoms with Crippen LogP contribution in [0.5, 0.6) is 0 Å². The van der Waals surface area contributed by atoms with Crippen LogP contribution in [0, 0.1) is 0 Å². The highest BCUT2D eigenvalue weighted by atomic mass is 16.4. The number of nitrogens with zero attached hydrogens (tertiary/aromatic N) is 3. The number of aliphatic carboxylic acids is 1. The quantitative estimate of drug-likeness (QED) is 0.812. The van der Waals surface area contributed by atoms with Gasteiger partial charge in [0.1, 0.15) is 11.5 Å². The first kappa shape index (κ1) is 11.1. The second-order valence-electron chi connectivity index (χ2n) is 3.62. The van der Waals surface area contributed by atoms with Crippen molar-refractivity contribution in [1.29, 1.82) is 0 Å². The van der Waals surface area contributed by atoms with Crippen molar-refractivity contribution >= 4 is 11.8 Å². The lowest BCUT2D eigenvalue weighted by Crippen LogP contribution is -2.05. The molecule has 0 bridgehead atoms. The van der Waals surface area contributed by atoms with Gasteiger partial charge in [-0.3, -0.25) is 14.5 Å². The fourth-order valence-corrected chi connectivity index (χ4v) is 1.62. The molecule has 0 unspecified atom stereocenters. The molecule has 0 aliphatic rings. The molecular formula is C11H12N4O2. The van der Waals surface area contributed by atoms with E-state index in [0.717, 1.165) is 0 Å². The molecule has 17 heavy (non-hydrogen) atoms. The molecule has 88 valence electrons. The van der Waals surface area contributed by atoms with Crippen LogP contribution in [-0.2, 0) is 18.3 Å². The molecule has 0 amide bonds. The zero-order valence-electron chi connectivity index (χ0n) is 9.29. The third-order valence-electron chi connectivity index (χ3n) is 2.43. The van der Waals surface area contributed by atoms with Gasteiger partial charge in [-0.25, -0.2) is 0 Å². The Morgan fingerprint density at radius 1 is 1.53 bits per heavy atom. The number of rotatable bonds is 3. The molecule has 0 aliphatic heterocycles. The average Bonchev–Trinajstić information content (AvgIpc) is 2.58. The Hall–Kier alpha value is -2.37. The normalized spacial score (nSPS) is 10.4. The zero-order valence-corrected chi connectivity index (χ0v) is 9.29. The van der Waals surface area contributed by atoms with Crippen molar-refractivity contribution in [3.63, 3.8) is 0 Å². The predicted octanol–water partition coefficient (Wildman–Crippen LogP) is 0.691. The van der Waals surface area contributed by atoms with Crippen molar-refractivity contribution in [2.75, 3.05) is 5.73 Å². The Kier molecular flexibility index (Phi) is 2.78. The van der Waals surface area contributed by atoms with Crippen LogP contribution < -0.4 is 5.73 Å². The second kappa shape index (κ2) is 4.25. The summed E-state index contributed by atoms with van der Waals surface area (Å²) in [7, 11) is 1.67. The van der Waals surface area contributed by atoms with Gasteiger partial charge in [-0.15, -0.1) is 0 Å². The number of hydrogen-bond acceptors (Lipinski definition) is 4. The van der Waals surface area contributed by atoms with E-state index < -0.39 is 5.97 Å². The van der Waals surface area contributed by atoms with Gasteiger partial charge in [0.2, 0.25) is 0 Å². The first-order valence-electron chi connectivity index (χ1n) is 5.04. The van der Waals surface area contributed by atoms with Crippen molar-refractivity contribution in [3.8, 4) is 11.4 Å². The lowest BCUT2D eigenvalue weighted by atomic mass is 10.1. The number of nitrogens with two attached hydrogens (primary N) is 1. The molecule has 3 N–H and O–H groups in total. The minimum Gasteiger partial charge on any atom is -0.481 e. The number of hydrogen-bond donors (Lipinski definition) is 2. The summed E-state index contributed by atoms with van der Waals surface area (Å²) in [5, 5.41) is 13.1. The zero-order chi connectivity index (χ0) is 12.4. The lowest BCUT2D eigenvalue weighted by molar-refractivity contribution is -0.136. The maximum Gasteiger partial charge on any atom is 0.308 e. The number of carboxylic acid groups (broad SMARTS) is 1. The van der Waals surface area contributed by atoms with E-state index >= 15 is 0 Å². The molecule has 0 spiro atoms. The standard InChI is InChI=1S/C11H12N4O2/c1-15-11(12)7(6-9(16)17)10(14-15)8-4-2-3-5-13-8/h2-5H,6,12H2,1H3,(H,16,17). The molecule has 6 heteroatoms. The van der Waals surface area contributed by atoms with Gasteiger partial charge in [-0.2, -0.15) is 5.10 Å². The van der Waals surface area contributed by atoms with E-state index in [0.29, 0.717) is 22.8 Å². The monoisotopic (exact) mass is 232 g/mol. The van der Waals surface area contributed by atoms with Crippen molar-refractivity contribution in [2.45, 2.75) is 6.42 Å². The number of aryl methyl sites for hydroxylation is 1. The van der Waals surface area contributed by atoms with Gasteiger partial charge in [0.15, 0.2) is 0 Å². The highest BCUT2D eigenvalue weighted by Crippen LogP contribution is 2.25. The molecule has 0 aliphatic carbocycles. The Morgan fingerprint density at radius 2 is 2.29 bits per heavy atom. The summed E-state index contributed by atoms with van der Waals surface area (Å²) in [6.45, 7) is 0. The van der Waals surface area contributed by atoms with Crippen molar-refractivity contribution in [3.05, 3.63) is 30.0 Å². The van der Waals surface area contributed by atoms with Crippen molar-refractivity contribution in [2.24, 2.45) is 7.05 Å². The van der Waals surface area contributed by atoms with Gasteiger partial charge in [-0.05, 0) is 12.1 Å². The number of aromatic nitrogens is 3. The molecule has 2 aromatic heterocycles. The summed E-state index contributed by atoms with van der Waals surface area (Å²) in [5.41, 5.74) is 7.44. The molecule has 0 radical (unpaired) electrons. The molecule has 2 heterocycles. The van der Waals surface area contributed by atoms with Crippen LogP contribution in [0.3, 0.4) is 0 Å². The number of anilines is 1. The number of carbonyl (C=O) groups is 1. The van der Waals surface area contributed by atoms with E-state index in [9.17, 15) is 4.79 Å². The first-order valence-corrected chi connectivity index (χ1v) is 5.04. The van der Waals surface area contributed by atoms with Crippen molar-refractivity contribution in [1.82, 2.24) is 14.8 Å². The first-order chi connectivity index (χ1) is 8.09. The van der Waals surface area contributed by atoms with Gasteiger partial charge < -0.3 is 10.8 Å². The molecule has 6 nitrogen and oxygen atoms in total. The van der Waals surface area contributed by atoms with Gasteiger partial charge in [0.05, 0.1) is 12.1 Å². The van der Waals surface area contributed by atoms with E-state index in [1.165, 1.54) is 4.68 Å². The minimum absolute atomic E-state index is 0.161. The van der Waals surface area contributed by atoms with E-state index in [-0.39, 0.29) is 6.42 Å². The van der Waals surface area contributed by atoms with E-state index in [4.69, 9.17) is 10.8 Å². The Morgan fingerprint density at radius 3 is 2.88 bits per heavy atom. The summed E-state index contributed by atoms with van der Waals surface area (Å²) in [6, 6.07) is 5.37. The maximum atomic E-state index is 10.8. The largest absolute Gasteiger partial charge is 0.481 e. The maximum absolute atomic E-state index is 10.8. The summed E-state index contributed by atoms with van der Waals surface area (Å²) < 4.78 is 1.46. The minimum atomic E-state index is -0.943. The van der Waals surface area contributed by atoms with E-state index in [1.54, 1.807) is 25.4 Å². The predicted molar refractivity (Wildman–Crippen MR) is 62.2 cm³/mol.